The summed E-state index contributed by atoms with van der Waals surface area (Å²) in [4.78, 5) is 22.2. The van der Waals surface area contributed by atoms with Crippen molar-refractivity contribution in [1.29, 1.82) is 0 Å². The summed E-state index contributed by atoms with van der Waals surface area (Å²) in [6, 6.07) is 0. The quantitative estimate of drug-likeness (QED) is 0.554. The average molecular weight is 265 g/mol. The summed E-state index contributed by atoms with van der Waals surface area (Å²) in [5.41, 5.74) is 4.16. The normalized spacial score (nSPS) is 11.1. The highest BCUT2D eigenvalue weighted by Crippen LogP contribution is 2.03. The van der Waals surface area contributed by atoms with Crippen LogP contribution < -0.4 is 11.1 Å². The molecule has 2 amide bonds. The molecule has 3 N–H and O–H groups in total. The number of unbranched alkanes of at least 4 members (excludes halogenated alkanes) is 1. The Morgan fingerprint density at radius 3 is 2.36 bits per heavy atom. The van der Waals surface area contributed by atoms with Gasteiger partial charge in [0.25, 0.3) is 0 Å². The molecular weight excluding hydrogens is 248 g/mol. The Balaban J connectivity index is 3.88. The number of nitrogens with two attached hydrogens (primary N) is 1. The lowest BCUT2D eigenvalue weighted by Crippen LogP contribution is -2.52. The van der Waals surface area contributed by atoms with Gasteiger partial charge in [0.2, 0.25) is 11.8 Å². The van der Waals surface area contributed by atoms with Crippen molar-refractivity contribution in [2.24, 2.45) is 5.73 Å². The first-order valence-electron chi connectivity index (χ1n) is 4.57. The van der Waals surface area contributed by atoms with Gasteiger partial charge in [-0.2, -0.15) is 0 Å². The molecule has 0 spiro atoms. The van der Waals surface area contributed by atoms with Crippen molar-refractivity contribution in [2.45, 2.75) is 38.6 Å². The van der Waals surface area contributed by atoms with E-state index in [9.17, 15) is 9.59 Å². The molecule has 0 rings (SSSR count). The van der Waals surface area contributed by atoms with Crippen LogP contribution >= 0.6 is 15.9 Å². The van der Waals surface area contributed by atoms with Crippen molar-refractivity contribution in [3.05, 3.63) is 0 Å². The molecule has 0 radical (unpaired) electrons. The molecule has 0 unspecified atom stereocenters. The fourth-order valence-corrected chi connectivity index (χ4v) is 1.25. The highest BCUT2D eigenvalue weighted by molar-refractivity contribution is 9.09. The van der Waals surface area contributed by atoms with Crippen LogP contribution in [-0.2, 0) is 9.59 Å². The van der Waals surface area contributed by atoms with Crippen LogP contribution in [0.25, 0.3) is 0 Å². The molecule has 0 aliphatic carbocycles. The van der Waals surface area contributed by atoms with Gasteiger partial charge in [-0.15, -0.1) is 0 Å². The maximum absolute atomic E-state index is 11.3. The number of primary amides is 1. The third-order valence-electron chi connectivity index (χ3n) is 1.86. The number of carbonyl (C=O) groups is 2. The standard InChI is InChI=1S/C9H17BrN2O2/c1-9(2,8(11)14)12-7(13)5-3-4-6-10/h3-6H2,1-2H3,(H2,11,14)(H,12,13). The second-order valence-electron chi connectivity index (χ2n) is 3.68. The number of alkyl halides is 1. The molecule has 4 nitrogen and oxygen atoms in total. The molecule has 82 valence electrons. The summed E-state index contributed by atoms with van der Waals surface area (Å²) in [5.74, 6) is -0.652. The molecule has 0 aliphatic rings. The molecule has 5 heteroatoms. The van der Waals surface area contributed by atoms with Crippen LogP contribution in [-0.4, -0.2) is 22.7 Å². The largest absolute Gasteiger partial charge is 0.368 e. The van der Waals surface area contributed by atoms with Gasteiger partial charge >= 0.3 is 0 Å². The first kappa shape index (κ1) is 13.4. The van der Waals surface area contributed by atoms with Crippen LogP contribution in [0.3, 0.4) is 0 Å². The minimum atomic E-state index is -0.953. The molecule has 0 aromatic heterocycles. The Bertz CT molecular complexity index is 217. The first-order chi connectivity index (χ1) is 6.40. The van der Waals surface area contributed by atoms with Gasteiger partial charge in [0.1, 0.15) is 5.54 Å². The third kappa shape index (κ3) is 5.21. The summed E-state index contributed by atoms with van der Waals surface area (Å²) in [7, 11) is 0. The molecule has 0 bridgehead atoms. The van der Waals surface area contributed by atoms with E-state index in [1.807, 2.05) is 0 Å². The smallest absolute Gasteiger partial charge is 0.242 e. The van der Waals surface area contributed by atoms with Crippen molar-refractivity contribution in [2.75, 3.05) is 5.33 Å². The fourth-order valence-electron chi connectivity index (χ4n) is 0.853. The maximum Gasteiger partial charge on any atom is 0.242 e. The predicted octanol–water partition coefficient (Wildman–Crippen LogP) is 0.932. The number of hydrogen-bond acceptors (Lipinski definition) is 2. The van der Waals surface area contributed by atoms with Crippen molar-refractivity contribution in [1.82, 2.24) is 5.32 Å². The molecule has 0 aromatic carbocycles. The fraction of sp³-hybridized carbons (Fsp3) is 0.778. The van der Waals surface area contributed by atoms with Gasteiger partial charge in [0, 0.05) is 11.8 Å². The van der Waals surface area contributed by atoms with Gasteiger partial charge in [-0.1, -0.05) is 15.9 Å². The third-order valence-corrected chi connectivity index (χ3v) is 2.42. The second-order valence-corrected chi connectivity index (χ2v) is 4.48. The molecule has 0 heterocycles. The molecule has 0 saturated heterocycles. The van der Waals surface area contributed by atoms with Crippen LogP contribution in [0.15, 0.2) is 0 Å². The van der Waals surface area contributed by atoms with E-state index in [2.05, 4.69) is 21.2 Å². The molecule has 0 aliphatic heterocycles. The van der Waals surface area contributed by atoms with E-state index in [4.69, 9.17) is 5.73 Å². The minimum absolute atomic E-state index is 0.130. The van der Waals surface area contributed by atoms with Crippen LogP contribution in [0.5, 0.6) is 0 Å². The Morgan fingerprint density at radius 2 is 1.93 bits per heavy atom. The number of nitrogens with one attached hydrogen (secondary N) is 1. The maximum atomic E-state index is 11.3. The molecule has 0 atom stereocenters. The zero-order valence-corrected chi connectivity index (χ0v) is 10.2. The van der Waals surface area contributed by atoms with Gasteiger partial charge in [0.15, 0.2) is 0 Å². The molecule has 0 fully saturated rings. The number of halogens is 1. The number of amides is 2. The number of rotatable bonds is 6. The van der Waals surface area contributed by atoms with E-state index in [1.165, 1.54) is 0 Å². The first-order valence-corrected chi connectivity index (χ1v) is 5.69. The van der Waals surface area contributed by atoms with Crippen molar-refractivity contribution in [3.8, 4) is 0 Å². The lowest BCUT2D eigenvalue weighted by molar-refractivity contribution is -0.130. The summed E-state index contributed by atoms with van der Waals surface area (Å²) in [5, 5.41) is 3.47. The predicted molar refractivity (Wildman–Crippen MR) is 59.1 cm³/mol. The van der Waals surface area contributed by atoms with Crippen LogP contribution in [0.1, 0.15) is 33.1 Å². The Kier molecular flexibility index (Phi) is 5.76. The van der Waals surface area contributed by atoms with Gasteiger partial charge in [-0.05, 0) is 26.7 Å². The molecule has 0 saturated carbocycles. The van der Waals surface area contributed by atoms with Gasteiger partial charge in [0.05, 0.1) is 0 Å². The average Bonchev–Trinajstić information content (AvgIpc) is 2.03. The second kappa shape index (κ2) is 6.01. The van der Waals surface area contributed by atoms with E-state index in [-0.39, 0.29) is 5.91 Å². The van der Waals surface area contributed by atoms with E-state index >= 15 is 0 Å². The van der Waals surface area contributed by atoms with Crippen molar-refractivity contribution >= 4 is 27.7 Å². The summed E-state index contributed by atoms with van der Waals surface area (Å²) in [6.07, 6.45) is 2.19. The lowest BCUT2D eigenvalue weighted by Gasteiger charge is -2.22. The van der Waals surface area contributed by atoms with Crippen LogP contribution in [0.2, 0.25) is 0 Å². The number of hydrogen-bond donors (Lipinski definition) is 2. The van der Waals surface area contributed by atoms with Crippen molar-refractivity contribution in [3.63, 3.8) is 0 Å². The zero-order valence-electron chi connectivity index (χ0n) is 8.60. The minimum Gasteiger partial charge on any atom is -0.368 e. The number of carbonyl (C=O) groups excluding carboxylic acids is 2. The molecule has 0 aromatic rings. The van der Waals surface area contributed by atoms with Gasteiger partial charge < -0.3 is 11.1 Å². The summed E-state index contributed by atoms with van der Waals surface area (Å²) < 4.78 is 0. The van der Waals surface area contributed by atoms with Crippen LogP contribution in [0.4, 0.5) is 0 Å². The lowest BCUT2D eigenvalue weighted by atomic mass is 10.0. The molecular formula is C9H17BrN2O2. The van der Waals surface area contributed by atoms with Crippen LogP contribution in [0, 0.1) is 0 Å². The van der Waals surface area contributed by atoms with Crippen molar-refractivity contribution < 1.29 is 9.59 Å². The molecule has 14 heavy (non-hydrogen) atoms. The highest BCUT2D eigenvalue weighted by Gasteiger charge is 2.26. The summed E-state index contributed by atoms with van der Waals surface area (Å²) in [6.45, 7) is 3.19. The van der Waals surface area contributed by atoms with E-state index in [0.29, 0.717) is 6.42 Å². The topological polar surface area (TPSA) is 72.2 Å². The Morgan fingerprint density at radius 1 is 1.36 bits per heavy atom. The summed E-state index contributed by atoms with van der Waals surface area (Å²) >= 11 is 3.28. The van der Waals surface area contributed by atoms with E-state index in [1.54, 1.807) is 13.8 Å². The van der Waals surface area contributed by atoms with Gasteiger partial charge in [-0.25, -0.2) is 0 Å². The zero-order chi connectivity index (χ0) is 11.2. The Hall–Kier alpha value is -0.580. The highest BCUT2D eigenvalue weighted by atomic mass is 79.9. The van der Waals surface area contributed by atoms with Gasteiger partial charge in [-0.3, -0.25) is 9.59 Å². The van der Waals surface area contributed by atoms with E-state index in [0.717, 1.165) is 18.2 Å². The van der Waals surface area contributed by atoms with E-state index < -0.39 is 11.4 Å². The Labute approximate surface area is 92.7 Å². The SMILES string of the molecule is CC(C)(NC(=O)CCCCBr)C(N)=O. The monoisotopic (exact) mass is 264 g/mol.